The highest BCUT2D eigenvalue weighted by Crippen LogP contribution is 2.38. The van der Waals surface area contributed by atoms with Gasteiger partial charge in [0.2, 0.25) is 0 Å². The van der Waals surface area contributed by atoms with E-state index in [4.69, 9.17) is 0 Å². The van der Waals surface area contributed by atoms with E-state index in [1.807, 2.05) is 7.05 Å². The number of hydrogen-bond donors (Lipinski definition) is 0. The van der Waals surface area contributed by atoms with Crippen molar-refractivity contribution in [3.8, 4) is 6.07 Å². The maximum Gasteiger partial charge on any atom is 0.169 e. The number of aromatic nitrogens is 2. The molecule has 1 fully saturated rings. The lowest BCUT2D eigenvalue weighted by molar-refractivity contribution is 0.710. The van der Waals surface area contributed by atoms with Crippen molar-refractivity contribution in [2.24, 2.45) is 11.8 Å². The molecule has 0 amide bonds. The molecule has 1 heterocycles. The number of anilines is 1. The fraction of sp³-hybridized carbons (Fsp3) is 0.667. The van der Waals surface area contributed by atoms with Gasteiger partial charge in [-0.3, -0.25) is 0 Å². The zero-order valence-electron chi connectivity index (χ0n) is 12.3. The van der Waals surface area contributed by atoms with Gasteiger partial charge in [0.15, 0.2) is 5.82 Å². The summed E-state index contributed by atoms with van der Waals surface area (Å²) in [6.45, 7) is 7.37. The smallest absolute Gasteiger partial charge is 0.169 e. The lowest BCUT2D eigenvalue weighted by Gasteiger charge is -2.20. The molecule has 0 saturated heterocycles. The first-order chi connectivity index (χ1) is 9.12. The van der Waals surface area contributed by atoms with E-state index >= 15 is 0 Å². The van der Waals surface area contributed by atoms with E-state index < -0.39 is 0 Å². The zero-order valence-corrected chi connectivity index (χ0v) is 12.3. The van der Waals surface area contributed by atoms with Gasteiger partial charge in [-0.1, -0.05) is 20.8 Å². The lowest BCUT2D eigenvalue weighted by Crippen LogP contribution is -2.24. The maximum atomic E-state index is 9.46. The van der Waals surface area contributed by atoms with E-state index in [1.54, 1.807) is 0 Å². The minimum atomic E-state index is 0.713. The second-order valence-electron chi connectivity index (χ2n) is 5.50. The molecule has 2 atom stereocenters. The summed E-state index contributed by atoms with van der Waals surface area (Å²) in [4.78, 5) is 2.10. The Morgan fingerprint density at radius 2 is 2.00 bits per heavy atom. The van der Waals surface area contributed by atoms with Crippen LogP contribution in [0.25, 0.3) is 0 Å². The fourth-order valence-corrected chi connectivity index (χ4v) is 2.64. The van der Waals surface area contributed by atoms with Gasteiger partial charge in [-0.15, -0.1) is 5.10 Å². The number of nitriles is 1. The topological polar surface area (TPSA) is 52.8 Å². The quantitative estimate of drug-likeness (QED) is 0.814. The summed E-state index contributed by atoms with van der Waals surface area (Å²) in [5.41, 5.74) is 2.73. The number of rotatable bonds is 5. The average molecular weight is 258 g/mol. The summed E-state index contributed by atoms with van der Waals surface area (Å²) in [5, 5.41) is 18.0. The van der Waals surface area contributed by atoms with Crippen LogP contribution in [0, 0.1) is 23.2 Å². The molecule has 0 aromatic carbocycles. The van der Waals surface area contributed by atoms with Crippen molar-refractivity contribution in [3.05, 3.63) is 16.8 Å². The highest BCUT2D eigenvalue weighted by Gasteiger charge is 2.34. The van der Waals surface area contributed by atoms with Crippen LogP contribution < -0.4 is 4.90 Å². The van der Waals surface area contributed by atoms with E-state index in [9.17, 15) is 5.26 Å². The van der Waals surface area contributed by atoms with Crippen LogP contribution in [0.15, 0.2) is 0 Å². The SMILES string of the molecule is CCc1nnc(N(C)CC2CC2C)c(C#N)c1CC. The molecule has 0 N–H and O–H groups in total. The molecular formula is C15H22N4. The Bertz CT molecular complexity index is 504. The molecule has 0 spiro atoms. The predicted molar refractivity (Wildman–Crippen MR) is 76.0 cm³/mol. The molecule has 1 saturated carbocycles. The van der Waals surface area contributed by atoms with Gasteiger partial charge >= 0.3 is 0 Å². The molecular weight excluding hydrogens is 236 g/mol. The molecule has 1 aliphatic carbocycles. The largest absolute Gasteiger partial charge is 0.357 e. The number of nitrogens with zero attached hydrogens (tertiary/aromatic N) is 4. The molecule has 2 rings (SSSR count). The summed E-state index contributed by atoms with van der Waals surface area (Å²) in [6.07, 6.45) is 2.95. The monoisotopic (exact) mass is 258 g/mol. The number of aryl methyl sites for hydroxylation is 1. The zero-order chi connectivity index (χ0) is 14.0. The van der Waals surface area contributed by atoms with Crippen LogP contribution in [-0.2, 0) is 12.8 Å². The number of hydrogen-bond acceptors (Lipinski definition) is 4. The summed E-state index contributed by atoms with van der Waals surface area (Å²) in [6, 6.07) is 2.33. The Morgan fingerprint density at radius 1 is 1.32 bits per heavy atom. The van der Waals surface area contributed by atoms with Gasteiger partial charge in [-0.25, -0.2) is 0 Å². The van der Waals surface area contributed by atoms with Gasteiger partial charge in [-0.05, 0) is 36.7 Å². The van der Waals surface area contributed by atoms with Crippen molar-refractivity contribution in [2.75, 3.05) is 18.5 Å². The second-order valence-corrected chi connectivity index (χ2v) is 5.50. The first-order valence-corrected chi connectivity index (χ1v) is 7.11. The summed E-state index contributed by atoms with van der Waals surface area (Å²) < 4.78 is 0. The highest BCUT2D eigenvalue weighted by molar-refractivity contribution is 5.57. The van der Waals surface area contributed by atoms with Crippen molar-refractivity contribution in [1.29, 1.82) is 5.26 Å². The Morgan fingerprint density at radius 3 is 2.47 bits per heavy atom. The van der Waals surface area contributed by atoms with E-state index in [1.165, 1.54) is 6.42 Å². The minimum absolute atomic E-state index is 0.713. The molecule has 0 radical (unpaired) electrons. The van der Waals surface area contributed by atoms with Crippen LogP contribution >= 0.6 is 0 Å². The molecule has 2 unspecified atom stereocenters. The van der Waals surface area contributed by atoms with Gasteiger partial charge < -0.3 is 4.90 Å². The third kappa shape index (κ3) is 2.70. The molecule has 4 nitrogen and oxygen atoms in total. The Balaban J connectivity index is 2.32. The van der Waals surface area contributed by atoms with Gasteiger partial charge in [0.05, 0.1) is 5.69 Å². The minimum Gasteiger partial charge on any atom is -0.357 e. The van der Waals surface area contributed by atoms with Crippen LogP contribution in [-0.4, -0.2) is 23.8 Å². The van der Waals surface area contributed by atoms with E-state index in [0.29, 0.717) is 5.56 Å². The Kier molecular flexibility index (Phi) is 4.04. The van der Waals surface area contributed by atoms with Crippen LogP contribution in [0.5, 0.6) is 0 Å². The van der Waals surface area contributed by atoms with Crippen molar-refractivity contribution in [2.45, 2.75) is 40.0 Å². The van der Waals surface area contributed by atoms with Crippen molar-refractivity contribution < 1.29 is 0 Å². The molecule has 102 valence electrons. The molecule has 19 heavy (non-hydrogen) atoms. The first kappa shape index (κ1) is 13.8. The third-order valence-corrected chi connectivity index (χ3v) is 4.09. The summed E-state index contributed by atoms with van der Waals surface area (Å²) in [5.74, 6) is 2.30. The first-order valence-electron chi connectivity index (χ1n) is 7.11. The normalized spacial score (nSPS) is 21.0. The third-order valence-electron chi connectivity index (χ3n) is 4.09. The van der Waals surface area contributed by atoms with Gasteiger partial charge in [0.1, 0.15) is 11.6 Å². The van der Waals surface area contributed by atoms with E-state index in [0.717, 1.165) is 48.3 Å². The standard InChI is InChI=1S/C15H22N4/c1-5-12-13(8-16)15(18-17-14(12)6-2)19(4)9-11-7-10(11)3/h10-11H,5-7,9H2,1-4H3. The highest BCUT2D eigenvalue weighted by atomic mass is 15.3. The predicted octanol–water partition coefficient (Wildman–Crippen LogP) is 2.57. The van der Waals surface area contributed by atoms with Crippen molar-refractivity contribution in [3.63, 3.8) is 0 Å². The van der Waals surface area contributed by atoms with Crippen molar-refractivity contribution >= 4 is 5.82 Å². The van der Waals surface area contributed by atoms with E-state index in [2.05, 4.69) is 41.9 Å². The molecule has 1 aromatic heterocycles. The van der Waals surface area contributed by atoms with Gasteiger partial charge in [-0.2, -0.15) is 10.4 Å². The van der Waals surface area contributed by atoms with Crippen molar-refractivity contribution in [1.82, 2.24) is 10.2 Å². The van der Waals surface area contributed by atoms with Crippen LogP contribution in [0.4, 0.5) is 5.82 Å². The molecule has 0 aliphatic heterocycles. The van der Waals surface area contributed by atoms with Crippen LogP contribution in [0.3, 0.4) is 0 Å². The molecule has 1 aromatic rings. The molecule has 0 bridgehead atoms. The van der Waals surface area contributed by atoms with Gasteiger partial charge in [0.25, 0.3) is 0 Å². The second kappa shape index (κ2) is 5.56. The van der Waals surface area contributed by atoms with E-state index in [-0.39, 0.29) is 0 Å². The lowest BCUT2D eigenvalue weighted by atomic mass is 10.0. The molecule has 1 aliphatic rings. The molecule has 4 heteroatoms. The average Bonchev–Trinajstić information content (AvgIpc) is 3.11. The summed E-state index contributed by atoms with van der Waals surface area (Å²) >= 11 is 0. The Hall–Kier alpha value is -1.63. The summed E-state index contributed by atoms with van der Waals surface area (Å²) in [7, 11) is 2.01. The van der Waals surface area contributed by atoms with Gasteiger partial charge in [0, 0.05) is 13.6 Å². The maximum absolute atomic E-state index is 9.46. The fourth-order valence-electron chi connectivity index (χ4n) is 2.64. The van der Waals surface area contributed by atoms with Crippen LogP contribution in [0.2, 0.25) is 0 Å². The van der Waals surface area contributed by atoms with Crippen LogP contribution in [0.1, 0.15) is 44.0 Å². The Labute approximate surface area is 115 Å².